The smallest absolute Gasteiger partial charge is 0.345 e. The molecule has 1 rings (SSSR count). The summed E-state index contributed by atoms with van der Waals surface area (Å²) in [4.78, 5) is 11.5. The molecule has 96 valence electrons. The van der Waals surface area contributed by atoms with E-state index in [-0.39, 0.29) is 0 Å². The highest BCUT2D eigenvalue weighted by molar-refractivity contribution is 9.12. The molecule has 0 unspecified atom stereocenters. The highest BCUT2D eigenvalue weighted by Gasteiger charge is 2.08. The van der Waals surface area contributed by atoms with Crippen molar-refractivity contribution in [2.75, 3.05) is 13.2 Å². The first-order chi connectivity index (χ1) is 8.69. The second-order valence-electron chi connectivity index (χ2n) is 3.35. The Labute approximate surface area is 115 Å². The number of halogens is 1. The molecular weight excluding hydrogens is 296 g/mol. The molecule has 0 heterocycles. The second-order valence-corrected chi connectivity index (χ2v) is 4.20. The van der Waals surface area contributed by atoms with Crippen molar-refractivity contribution >= 4 is 28.0 Å². The third kappa shape index (κ3) is 4.37. The Balaban J connectivity index is 2.91. The zero-order valence-electron chi connectivity index (χ0n) is 10.2. The maximum Gasteiger partial charge on any atom is 0.345 e. The van der Waals surface area contributed by atoms with Crippen LogP contribution in [-0.2, 0) is 9.53 Å². The highest BCUT2D eigenvalue weighted by atomic mass is 79.9. The van der Waals surface area contributed by atoms with Crippen molar-refractivity contribution in [1.29, 1.82) is 0 Å². The van der Waals surface area contributed by atoms with Crippen molar-refractivity contribution in [3.63, 3.8) is 0 Å². The van der Waals surface area contributed by atoms with Gasteiger partial charge in [0, 0.05) is 5.56 Å². The summed E-state index contributed by atoms with van der Waals surface area (Å²) in [6.07, 6.45) is 3.34. The number of hydrogen-bond acceptors (Lipinski definition) is 3. The third-order valence-corrected chi connectivity index (χ3v) is 2.58. The molecule has 0 fully saturated rings. The van der Waals surface area contributed by atoms with Crippen LogP contribution in [0.3, 0.4) is 0 Å². The Hall–Kier alpha value is -1.55. The van der Waals surface area contributed by atoms with Crippen molar-refractivity contribution in [2.24, 2.45) is 0 Å². The van der Waals surface area contributed by atoms with Gasteiger partial charge in [0.2, 0.25) is 0 Å². The Morgan fingerprint density at radius 2 is 2.17 bits per heavy atom. The molecule has 0 aliphatic carbocycles. The van der Waals surface area contributed by atoms with E-state index in [0.717, 1.165) is 5.56 Å². The predicted octanol–water partition coefficient (Wildman–Crippen LogP) is 3.55. The molecule has 0 radical (unpaired) electrons. The van der Waals surface area contributed by atoms with Crippen LogP contribution in [0.25, 0.3) is 6.08 Å². The van der Waals surface area contributed by atoms with Crippen LogP contribution in [-0.4, -0.2) is 19.2 Å². The zero-order valence-corrected chi connectivity index (χ0v) is 11.8. The molecule has 3 nitrogen and oxygen atoms in total. The number of rotatable bonds is 6. The average molecular weight is 311 g/mol. The van der Waals surface area contributed by atoms with Crippen molar-refractivity contribution in [2.45, 2.75) is 6.92 Å². The molecule has 0 aliphatic heterocycles. The van der Waals surface area contributed by atoms with Gasteiger partial charge in [0.15, 0.2) is 0 Å². The van der Waals surface area contributed by atoms with E-state index in [1.807, 2.05) is 24.3 Å². The normalized spacial score (nSPS) is 10.9. The second kappa shape index (κ2) is 7.71. The standard InChI is InChI=1S/C14H15BrO3/c1-3-9-18-13-8-6-5-7-11(13)10-12(15)14(16)17-4-2/h3,5-8,10H,1,4,9H2,2H3/b12-10-. The summed E-state index contributed by atoms with van der Waals surface area (Å²) >= 11 is 3.19. The zero-order chi connectivity index (χ0) is 13.4. The number of ether oxygens (including phenoxy) is 2. The SMILES string of the molecule is C=CCOc1ccccc1/C=C(\Br)C(=O)OCC. The lowest BCUT2D eigenvalue weighted by Gasteiger charge is -2.07. The molecule has 18 heavy (non-hydrogen) atoms. The first kappa shape index (κ1) is 14.5. The van der Waals surface area contributed by atoms with Crippen LogP contribution >= 0.6 is 15.9 Å². The Bertz CT molecular complexity index is 452. The summed E-state index contributed by atoms with van der Waals surface area (Å²) in [5, 5.41) is 0. The van der Waals surface area contributed by atoms with Crippen LogP contribution in [0.4, 0.5) is 0 Å². The molecule has 4 heteroatoms. The first-order valence-electron chi connectivity index (χ1n) is 5.56. The molecule has 0 spiro atoms. The molecule has 0 amide bonds. The summed E-state index contributed by atoms with van der Waals surface area (Å²) in [6, 6.07) is 7.44. The number of esters is 1. The fraction of sp³-hybridized carbons (Fsp3) is 0.214. The van der Waals surface area contributed by atoms with Gasteiger partial charge in [0.1, 0.15) is 16.8 Å². The summed E-state index contributed by atoms with van der Waals surface area (Å²) < 4.78 is 10.7. The van der Waals surface area contributed by atoms with E-state index >= 15 is 0 Å². The summed E-state index contributed by atoms with van der Waals surface area (Å²) in [7, 11) is 0. The maximum absolute atomic E-state index is 11.5. The molecule has 1 aromatic carbocycles. The van der Waals surface area contributed by atoms with E-state index in [0.29, 0.717) is 23.4 Å². The molecule has 1 aromatic rings. The molecule has 0 bridgehead atoms. The number of carbonyl (C=O) groups is 1. The van der Waals surface area contributed by atoms with Gasteiger partial charge in [-0.05, 0) is 35.0 Å². The van der Waals surface area contributed by atoms with Gasteiger partial charge >= 0.3 is 5.97 Å². The van der Waals surface area contributed by atoms with Gasteiger partial charge in [-0.3, -0.25) is 0 Å². The van der Waals surface area contributed by atoms with Gasteiger partial charge in [0.25, 0.3) is 0 Å². The minimum atomic E-state index is -0.393. The third-order valence-electron chi connectivity index (χ3n) is 2.03. The van der Waals surface area contributed by atoms with Crippen molar-refractivity contribution < 1.29 is 14.3 Å². The fourth-order valence-electron chi connectivity index (χ4n) is 1.28. The molecular formula is C14H15BrO3. The van der Waals surface area contributed by atoms with Gasteiger partial charge in [-0.15, -0.1) is 0 Å². The molecule has 0 aromatic heterocycles. The summed E-state index contributed by atoms with van der Waals surface area (Å²) in [5.41, 5.74) is 0.805. The quantitative estimate of drug-likeness (QED) is 0.458. The van der Waals surface area contributed by atoms with Gasteiger partial charge in [-0.2, -0.15) is 0 Å². The fourth-order valence-corrected chi connectivity index (χ4v) is 1.64. The van der Waals surface area contributed by atoms with E-state index in [4.69, 9.17) is 9.47 Å². The van der Waals surface area contributed by atoms with E-state index in [1.54, 1.807) is 19.1 Å². The lowest BCUT2D eigenvalue weighted by molar-refractivity contribution is -0.137. The van der Waals surface area contributed by atoms with Gasteiger partial charge in [-0.25, -0.2) is 4.79 Å². The minimum absolute atomic E-state index is 0.344. The molecule has 0 aliphatic rings. The Morgan fingerprint density at radius 3 is 2.83 bits per heavy atom. The average Bonchev–Trinajstić information content (AvgIpc) is 2.38. The van der Waals surface area contributed by atoms with E-state index in [9.17, 15) is 4.79 Å². The number of hydrogen-bond donors (Lipinski definition) is 0. The van der Waals surface area contributed by atoms with Crippen LogP contribution in [0.2, 0.25) is 0 Å². The topological polar surface area (TPSA) is 35.5 Å². The van der Waals surface area contributed by atoms with Gasteiger partial charge in [0.05, 0.1) is 6.61 Å². The predicted molar refractivity (Wildman–Crippen MR) is 75.7 cm³/mol. The van der Waals surface area contributed by atoms with E-state index in [2.05, 4.69) is 22.5 Å². The van der Waals surface area contributed by atoms with Crippen molar-refractivity contribution in [3.8, 4) is 5.75 Å². The Kier molecular flexibility index (Phi) is 6.22. The van der Waals surface area contributed by atoms with Crippen molar-refractivity contribution in [3.05, 3.63) is 47.0 Å². The number of para-hydroxylation sites is 1. The van der Waals surface area contributed by atoms with Crippen LogP contribution in [0.5, 0.6) is 5.75 Å². The molecule has 0 saturated carbocycles. The molecule has 0 saturated heterocycles. The van der Waals surface area contributed by atoms with Crippen LogP contribution in [0.1, 0.15) is 12.5 Å². The number of benzene rings is 1. The Morgan fingerprint density at radius 1 is 1.44 bits per heavy atom. The lowest BCUT2D eigenvalue weighted by Crippen LogP contribution is -2.03. The van der Waals surface area contributed by atoms with Crippen LogP contribution < -0.4 is 4.74 Å². The molecule has 0 atom stereocenters. The van der Waals surface area contributed by atoms with Gasteiger partial charge < -0.3 is 9.47 Å². The largest absolute Gasteiger partial charge is 0.489 e. The summed E-state index contributed by atoms with van der Waals surface area (Å²) in [6.45, 7) is 6.12. The maximum atomic E-state index is 11.5. The minimum Gasteiger partial charge on any atom is -0.489 e. The van der Waals surface area contributed by atoms with Crippen LogP contribution in [0.15, 0.2) is 41.4 Å². The van der Waals surface area contributed by atoms with Crippen LogP contribution in [0, 0.1) is 0 Å². The van der Waals surface area contributed by atoms with Crippen molar-refractivity contribution in [1.82, 2.24) is 0 Å². The number of carbonyl (C=O) groups excluding carboxylic acids is 1. The van der Waals surface area contributed by atoms with E-state index in [1.165, 1.54) is 0 Å². The molecule has 0 N–H and O–H groups in total. The lowest BCUT2D eigenvalue weighted by atomic mass is 10.2. The van der Waals surface area contributed by atoms with E-state index < -0.39 is 5.97 Å². The summed E-state index contributed by atoms with van der Waals surface area (Å²) in [5.74, 6) is 0.301. The highest BCUT2D eigenvalue weighted by Crippen LogP contribution is 2.23. The van der Waals surface area contributed by atoms with Gasteiger partial charge in [-0.1, -0.05) is 30.9 Å². The monoisotopic (exact) mass is 310 g/mol. The first-order valence-corrected chi connectivity index (χ1v) is 6.35.